The van der Waals surface area contributed by atoms with Crippen LogP contribution in [0.4, 0.5) is 5.69 Å². The van der Waals surface area contributed by atoms with Gasteiger partial charge in [-0.15, -0.1) is 11.3 Å². The lowest BCUT2D eigenvalue weighted by Gasteiger charge is -2.08. The van der Waals surface area contributed by atoms with E-state index in [0.717, 1.165) is 14.9 Å². The predicted molar refractivity (Wildman–Crippen MR) is 109 cm³/mol. The lowest BCUT2D eigenvalue weighted by Crippen LogP contribution is -2.29. The Morgan fingerprint density at radius 3 is 2.52 bits per heavy atom. The van der Waals surface area contributed by atoms with E-state index in [4.69, 9.17) is 4.74 Å². The van der Waals surface area contributed by atoms with Crippen molar-refractivity contribution in [2.75, 3.05) is 5.32 Å². The summed E-state index contributed by atoms with van der Waals surface area (Å²) >= 11 is 1.36. The molecule has 0 spiro atoms. The van der Waals surface area contributed by atoms with E-state index < -0.39 is 5.69 Å². The molecule has 0 aliphatic carbocycles. The molecule has 9 heteroatoms. The van der Waals surface area contributed by atoms with E-state index in [2.05, 4.69) is 15.7 Å². The van der Waals surface area contributed by atoms with E-state index in [1.165, 1.54) is 11.3 Å². The molecule has 146 valence electrons. The summed E-state index contributed by atoms with van der Waals surface area (Å²) in [5, 5.41) is 12.8. The number of nitrogens with one attached hydrogen (secondary N) is 1. The SMILES string of the molecule is O=C(Cn1nnn(-c2cccs2)c1=O)Nc1ccc(OCc2ccccc2)cc1. The van der Waals surface area contributed by atoms with Gasteiger partial charge in [0.2, 0.25) is 5.91 Å². The summed E-state index contributed by atoms with van der Waals surface area (Å²) in [6.45, 7) is 0.242. The van der Waals surface area contributed by atoms with Crippen molar-refractivity contribution in [3.63, 3.8) is 0 Å². The lowest BCUT2D eigenvalue weighted by atomic mass is 10.2. The third-order valence-electron chi connectivity index (χ3n) is 4.03. The number of rotatable bonds is 7. The van der Waals surface area contributed by atoms with Crippen LogP contribution in [0.1, 0.15) is 5.56 Å². The van der Waals surface area contributed by atoms with Crippen LogP contribution in [-0.4, -0.2) is 25.7 Å². The summed E-state index contributed by atoms with van der Waals surface area (Å²) in [6.07, 6.45) is 0. The Balaban J connectivity index is 1.33. The number of carbonyl (C=O) groups excluding carboxylic acids is 1. The Morgan fingerprint density at radius 2 is 1.79 bits per heavy atom. The molecule has 0 bridgehead atoms. The van der Waals surface area contributed by atoms with Crippen LogP contribution in [0.2, 0.25) is 0 Å². The van der Waals surface area contributed by atoms with Gasteiger partial charge in [-0.2, -0.15) is 9.36 Å². The van der Waals surface area contributed by atoms with Gasteiger partial charge in [-0.1, -0.05) is 30.3 Å². The van der Waals surface area contributed by atoms with Gasteiger partial charge in [0.05, 0.1) is 0 Å². The Labute approximate surface area is 170 Å². The van der Waals surface area contributed by atoms with Gasteiger partial charge in [0.15, 0.2) is 0 Å². The second-order valence-corrected chi connectivity index (χ2v) is 7.06. The number of tetrazole rings is 1. The molecular formula is C20H17N5O3S. The highest BCUT2D eigenvalue weighted by atomic mass is 32.1. The standard InChI is InChI=1S/C20H17N5O3S/c26-18(13-24-20(27)25(23-22-24)19-7-4-12-29-19)21-16-8-10-17(11-9-16)28-14-15-5-2-1-3-6-15/h1-12H,13-14H2,(H,21,26). The third-order valence-corrected chi connectivity index (χ3v) is 4.88. The summed E-state index contributed by atoms with van der Waals surface area (Å²) < 4.78 is 7.91. The number of amides is 1. The van der Waals surface area contributed by atoms with Crippen LogP contribution < -0.4 is 15.7 Å². The molecule has 8 nitrogen and oxygen atoms in total. The number of nitrogens with zero attached hydrogens (tertiary/aromatic N) is 4. The lowest BCUT2D eigenvalue weighted by molar-refractivity contribution is -0.117. The van der Waals surface area contributed by atoms with Crippen LogP contribution in [0.5, 0.6) is 5.75 Å². The van der Waals surface area contributed by atoms with E-state index in [0.29, 0.717) is 23.0 Å². The Kier molecular flexibility index (Phi) is 5.48. The van der Waals surface area contributed by atoms with Gasteiger partial charge in [-0.3, -0.25) is 4.79 Å². The first-order valence-corrected chi connectivity index (χ1v) is 9.70. The fraction of sp³-hybridized carbons (Fsp3) is 0.100. The highest BCUT2D eigenvalue weighted by Gasteiger charge is 2.13. The number of ether oxygens (including phenoxy) is 1. The Bertz CT molecular complexity index is 1140. The van der Waals surface area contributed by atoms with Crippen molar-refractivity contribution in [3.8, 4) is 10.8 Å². The number of carbonyl (C=O) groups is 1. The van der Waals surface area contributed by atoms with E-state index in [1.807, 2.05) is 41.8 Å². The van der Waals surface area contributed by atoms with Crippen molar-refractivity contribution in [3.05, 3.63) is 88.2 Å². The summed E-state index contributed by atoms with van der Waals surface area (Å²) in [4.78, 5) is 24.5. The quantitative estimate of drug-likeness (QED) is 0.509. The van der Waals surface area contributed by atoms with E-state index >= 15 is 0 Å². The first kappa shape index (κ1) is 18.6. The van der Waals surface area contributed by atoms with Crippen molar-refractivity contribution < 1.29 is 9.53 Å². The molecule has 0 saturated heterocycles. The fourth-order valence-electron chi connectivity index (χ4n) is 2.61. The molecular weight excluding hydrogens is 390 g/mol. The third kappa shape index (κ3) is 4.58. The zero-order valence-corrected chi connectivity index (χ0v) is 16.1. The molecule has 4 aromatic rings. The normalized spacial score (nSPS) is 10.6. The molecule has 0 saturated carbocycles. The molecule has 0 aliphatic rings. The van der Waals surface area contributed by atoms with Crippen molar-refractivity contribution in [1.82, 2.24) is 19.8 Å². The van der Waals surface area contributed by atoms with E-state index in [9.17, 15) is 9.59 Å². The van der Waals surface area contributed by atoms with E-state index in [1.54, 1.807) is 30.3 Å². The van der Waals surface area contributed by atoms with Crippen molar-refractivity contribution in [2.24, 2.45) is 0 Å². The van der Waals surface area contributed by atoms with Crippen molar-refractivity contribution in [2.45, 2.75) is 13.2 Å². The molecule has 0 fully saturated rings. The van der Waals surface area contributed by atoms with Gasteiger partial charge in [0.1, 0.15) is 23.9 Å². The van der Waals surface area contributed by atoms with Crippen LogP contribution in [0.25, 0.3) is 5.00 Å². The number of hydrogen-bond donors (Lipinski definition) is 1. The largest absolute Gasteiger partial charge is 0.489 e. The molecule has 0 aliphatic heterocycles. The van der Waals surface area contributed by atoms with Crippen LogP contribution in [0, 0.1) is 0 Å². The average Bonchev–Trinajstić information content (AvgIpc) is 3.39. The molecule has 1 N–H and O–H groups in total. The highest BCUT2D eigenvalue weighted by molar-refractivity contribution is 7.12. The second kappa shape index (κ2) is 8.53. The van der Waals surface area contributed by atoms with Gasteiger partial charge < -0.3 is 10.1 Å². The van der Waals surface area contributed by atoms with Crippen molar-refractivity contribution in [1.29, 1.82) is 0 Å². The maximum atomic E-state index is 12.3. The molecule has 0 unspecified atom stereocenters. The number of aromatic nitrogens is 4. The summed E-state index contributed by atoms with van der Waals surface area (Å²) in [7, 11) is 0. The molecule has 4 rings (SSSR count). The van der Waals surface area contributed by atoms with Gasteiger partial charge in [-0.25, -0.2) is 4.79 Å². The predicted octanol–water partition coefficient (Wildman–Crippen LogP) is 2.71. The van der Waals surface area contributed by atoms with Gasteiger partial charge in [0, 0.05) is 5.69 Å². The van der Waals surface area contributed by atoms with Gasteiger partial charge in [-0.05, 0) is 57.8 Å². The monoisotopic (exact) mass is 407 g/mol. The van der Waals surface area contributed by atoms with Crippen LogP contribution in [-0.2, 0) is 17.9 Å². The zero-order chi connectivity index (χ0) is 20.1. The maximum absolute atomic E-state index is 12.3. The second-order valence-electron chi connectivity index (χ2n) is 6.13. The first-order chi connectivity index (χ1) is 14.2. The van der Waals surface area contributed by atoms with Crippen LogP contribution in [0.15, 0.2) is 76.9 Å². The smallest absolute Gasteiger partial charge is 0.369 e. The van der Waals surface area contributed by atoms with Gasteiger partial charge in [0.25, 0.3) is 0 Å². The average molecular weight is 407 g/mol. The van der Waals surface area contributed by atoms with Crippen molar-refractivity contribution >= 4 is 22.9 Å². The molecule has 2 aromatic heterocycles. The number of hydrogen-bond acceptors (Lipinski definition) is 6. The highest BCUT2D eigenvalue weighted by Crippen LogP contribution is 2.17. The summed E-state index contributed by atoms with van der Waals surface area (Å²) in [6, 6.07) is 20.5. The number of benzene rings is 2. The maximum Gasteiger partial charge on any atom is 0.369 e. The minimum Gasteiger partial charge on any atom is -0.489 e. The minimum absolute atomic E-state index is 0.226. The van der Waals surface area contributed by atoms with Crippen LogP contribution in [0.3, 0.4) is 0 Å². The number of anilines is 1. The summed E-state index contributed by atoms with van der Waals surface area (Å²) in [5.41, 5.74) is 1.21. The van der Waals surface area contributed by atoms with E-state index in [-0.39, 0.29) is 12.5 Å². The van der Waals surface area contributed by atoms with Gasteiger partial charge >= 0.3 is 5.69 Å². The minimum atomic E-state index is -0.466. The van der Waals surface area contributed by atoms with Crippen LogP contribution >= 0.6 is 11.3 Å². The molecule has 29 heavy (non-hydrogen) atoms. The Morgan fingerprint density at radius 1 is 1.00 bits per heavy atom. The number of thiophene rings is 1. The molecule has 2 aromatic carbocycles. The molecule has 0 atom stereocenters. The topological polar surface area (TPSA) is 91.0 Å². The molecule has 0 radical (unpaired) electrons. The molecule has 2 heterocycles. The Hall–Kier alpha value is -3.72. The zero-order valence-electron chi connectivity index (χ0n) is 15.3. The summed E-state index contributed by atoms with van der Waals surface area (Å²) in [5.74, 6) is 0.324. The first-order valence-electron chi connectivity index (χ1n) is 8.82. The molecule has 1 amide bonds. The fourth-order valence-corrected chi connectivity index (χ4v) is 3.28.